The number of nitrogens with zero attached hydrogens (tertiary/aromatic N) is 2. The van der Waals surface area contributed by atoms with Gasteiger partial charge in [-0.2, -0.15) is 0 Å². The average molecular weight is 344 g/mol. The molecule has 3 N–H and O–H groups in total. The minimum absolute atomic E-state index is 0.191. The minimum atomic E-state index is -0.191. The Labute approximate surface area is 146 Å². The van der Waals surface area contributed by atoms with Gasteiger partial charge in [0.1, 0.15) is 10.7 Å². The lowest BCUT2D eigenvalue weighted by molar-refractivity contribution is 0.102. The molecule has 1 aromatic heterocycles. The normalized spacial score (nSPS) is 18.5. The fourth-order valence-electron chi connectivity index (χ4n) is 3.02. The molecule has 2 aromatic rings. The van der Waals surface area contributed by atoms with Gasteiger partial charge in [0.15, 0.2) is 0 Å². The molecule has 0 bridgehead atoms. The van der Waals surface area contributed by atoms with Crippen molar-refractivity contribution in [2.45, 2.75) is 45.3 Å². The van der Waals surface area contributed by atoms with Crippen LogP contribution < -0.4 is 11.1 Å². The molecule has 5 nitrogen and oxygen atoms in total. The van der Waals surface area contributed by atoms with E-state index in [-0.39, 0.29) is 5.91 Å². The van der Waals surface area contributed by atoms with Crippen molar-refractivity contribution >= 4 is 22.9 Å². The van der Waals surface area contributed by atoms with Gasteiger partial charge in [-0.15, -0.1) is 11.3 Å². The van der Waals surface area contributed by atoms with Gasteiger partial charge >= 0.3 is 0 Å². The average Bonchev–Trinajstić information content (AvgIpc) is 3.08. The maximum atomic E-state index is 12.2. The summed E-state index contributed by atoms with van der Waals surface area (Å²) in [6, 6.07) is 8.74. The molecule has 0 aliphatic carbocycles. The van der Waals surface area contributed by atoms with Crippen molar-refractivity contribution in [3.8, 4) is 0 Å². The molecule has 0 radical (unpaired) electrons. The Hall–Kier alpha value is -1.76. The number of nitrogens with two attached hydrogens (primary N) is 1. The van der Waals surface area contributed by atoms with Crippen LogP contribution in [0.2, 0.25) is 0 Å². The molecule has 0 spiro atoms. The highest BCUT2D eigenvalue weighted by atomic mass is 32.1. The van der Waals surface area contributed by atoms with Gasteiger partial charge in [0.2, 0.25) is 0 Å². The number of rotatable bonds is 5. The summed E-state index contributed by atoms with van der Waals surface area (Å²) in [4.78, 5) is 18.9. The number of piperidine rings is 1. The van der Waals surface area contributed by atoms with Crippen LogP contribution in [0.3, 0.4) is 0 Å². The molecule has 1 fully saturated rings. The second kappa shape index (κ2) is 7.88. The molecular formula is C18H24N4OS. The molecule has 6 heteroatoms. The molecule has 3 rings (SSSR count). The first-order valence-corrected chi connectivity index (χ1v) is 9.32. The Bertz CT molecular complexity index is 683. The van der Waals surface area contributed by atoms with Crippen molar-refractivity contribution in [1.82, 2.24) is 9.88 Å². The van der Waals surface area contributed by atoms with Crippen molar-refractivity contribution in [1.29, 1.82) is 0 Å². The van der Waals surface area contributed by atoms with E-state index in [9.17, 15) is 4.79 Å². The second-order valence-corrected chi connectivity index (χ2v) is 7.24. The largest absolute Gasteiger partial charge is 0.325 e. The highest BCUT2D eigenvalue weighted by Gasteiger charge is 2.18. The summed E-state index contributed by atoms with van der Waals surface area (Å²) in [5.41, 5.74) is 8.02. The maximum absolute atomic E-state index is 12.2. The smallest absolute Gasteiger partial charge is 0.275 e. The van der Waals surface area contributed by atoms with E-state index in [0.717, 1.165) is 17.2 Å². The molecule has 24 heavy (non-hydrogen) atoms. The second-order valence-electron chi connectivity index (χ2n) is 6.30. The Morgan fingerprint density at radius 2 is 2.17 bits per heavy atom. The Balaban J connectivity index is 1.58. The predicted octanol–water partition coefficient (Wildman–Crippen LogP) is 3.23. The third-order valence-corrected chi connectivity index (χ3v) is 5.37. The zero-order valence-electron chi connectivity index (χ0n) is 14.0. The predicted molar refractivity (Wildman–Crippen MR) is 98.1 cm³/mol. The quantitative estimate of drug-likeness (QED) is 0.873. The molecule has 1 aromatic carbocycles. The SMILES string of the molecule is CC1CCCCN1Cc1ccc(NC(=O)c2csc(CN)n2)cc1. The van der Waals surface area contributed by atoms with Crippen molar-refractivity contribution in [2.75, 3.05) is 11.9 Å². The van der Waals surface area contributed by atoms with Crippen molar-refractivity contribution < 1.29 is 4.79 Å². The van der Waals surface area contributed by atoms with Gasteiger partial charge in [0.05, 0.1) is 0 Å². The van der Waals surface area contributed by atoms with E-state index in [1.807, 2.05) is 12.1 Å². The third kappa shape index (κ3) is 4.20. The molecular weight excluding hydrogens is 320 g/mol. The molecule has 1 saturated heterocycles. The van der Waals surface area contributed by atoms with Gasteiger partial charge in [-0.25, -0.2) is 4.98 Å². The summed E-state index contributed by atoms with van der Waals surface area (Å²) >= 11 is 1.41. The van der Waals surface area contributed by atoms with Crippen LogP contribution in [0.25, 0.3) is 0 Å². The number of nitrogens with one attached hydrogen (secondary N) is 1. The van der Waals surface area contributed by atoms with E-state index in [1.54, 1.807) is 5.38 Å². The van der Waals surface area contributed by atoms with Crippen LogP contribution in [0.1, 0.15) is 47.2 Å². The van der Waals surface area contributed by atoms with Gasteiger partial charge < -0.3 is 11.1 Å². The van der Waals surface area contributed by atoms with E-state index >= 15 is 0 Å². The Morgan fingerprint density at radius 1 is 1.38 bits per heavy atom. The summed E-state index contributed by atoms with van der Waals surface area (Å²) in [6.07, 6.45) is 3.91. The van der Waals surface area contributed by atoms with E-state index in [2.05, 4.69) is 34.3 Å². The number of likely N-dealkylation sites (tertiary alicyclic amines) is 1. The number of anilines is 1. The van der Waals surface area contributed by atoms with Gasteiger partial charge in [0.25, 0.3) is 5.91 Å². The van der Waals surface area contributed by atoms with Crippen LogP contribution in [0.5, 0.6) is 0 Å². The number of carbonyl (C=O) groups excluding carboxylic acids is 1. The first-order valence-electron chi connectivity index (χ1n) is 8.44. The molecule has 1 unspecified atom stereocenters. The van der Waals surface area contributed by atoms with Gasteiger partial charge in [-0.3, -0.25) is 9.69 Å². The lowest BCUT2D eigenvalue weighted by Crippen LogP contribution is -2.36. The summed E-state index contributed by atoms with van der Waals surface area (Å²) in [5, 5.41) is 5.40. The van der Waals surface area contributed by atoms with Crippen LogP contribution in [0, 0.1) is 0 Å². The standard InChI is InChI=1S/C18H24N4OS/c1-13-4-2-3-9-22(13)11-14-5-7-15(8-6-14)20-18(23)16-12-24-17(10-19)21-16/h5-8,12-13H,2-4,9-11,19H2,1H3,(H,20,23). The van der Waals surface area contributed by atoms with Crippen LogP contribution in [-0.4, -0.2) is 28.4 Å². The van der Waals surface area contributed by atoms with Crippen molar-refractivity contribution in [2.24, 2.45) is 5.73 Å². The topological polar surface area (TPSA) is 71.2 Å². The monoisotopic (exact) mass is 344 g/mol. The number of aromatic nitrogens is 1. The van der Waals surface area contributed by atoms with E-state index in [4.69, 9.17) is 5.73 Å². The minimum Gasteiger partial charge on any atom is -0.325 e. The van der Waals surface area contributed by atoms with Gasteiger partial charge in [-0.05, 0) is 44.0 Å². The third-order valence-electron chi connectivity index (χ3n) is 4.50. The lowest BCUT2D eigenvalue weighted by atomic mass is 10.0. The number of carbonyl (C=O) groups is 1. The van der Waals surface area contributed by atoms with Crippen LogP contribution in [0.4, 0.5) is 5.69 Å². The summed E-state index contributed by atoms with van der Waals surface area (Å²) in [5.74, 6) is -0.191. The fraction of sp³-hybridized carbons (Fsp3) is 0.444. The van der Waals surface area contributed by atoms with Crippen LogP contribution in [-0.2, 0) is 13.1 Å². The Morgan fingerprint density at radius 3 is 2.83 bits per heavy atom. The van der Waals surface area contributed by atoms with E-state index < -0.39 is 0 Å². The molecule has 1 atom stereocenters. The van der Waals surface area contributed by atoms with E-state index in [1.165, 1.54) is 42.7 Å². The molecule has 128 valence electrons. The van der Waals surface area contributed by atoms with Gasteiger partial charge in [-0.1, -0.05) is 18.6 Å². The first-order chi connectivity index (χ1) is 11.7. The number of hydrogen-bond acceptors (Lipinski definition) is 5. The first kappa shape index (κ1) is 17.1. The zero-order chi connectivity index (χ0) is 16.9. The molecule has 1 amide bonds. The number of amides is 1. The molecule has 0 saturated carbocycles. The zero-order valence-corrected chi connectivity index (χ0v) is 14.8. The van der Waals surface area contributed by atoms with Crippen molar-refractivity contribution in [3.05, 3.63) is 45.9 Å². The Kier molecular flexibility index (Phi) is 5.60. The molecule has 1 aliphatic heterocycles. The van der Waals surface area contributed by atoms with Crippen molar-refractivity contribution in [3.63, 3.8) is 0 Å². The maximum Gasteiger partial charge on any atom is 0.275 e. The molecule has 1 aliphatic rings. The number of hydrogen-bond donors (Lipinski definition) is 2. The summed E-state index contributed by atoms with van der Waals surface area (Å²) in [7, 11) is 0. The number of benzene rings is 1. The van der Waals surface area contributed by atoms with E-state index in [0.29, 0.717) is 18.3 Å². The highest BCUT2D eigenvalue weighted by molar-refractivity contribution is 7.09. The fourth-order valence-corrected chi connectivity index (χ4v) is 3.68. The summed E-state index contributed by atoms with van der Waals surface area (Å²) < 4.78 is 0. The van der Waals surface area contributed by atoms with Crippen LogP contribution in [0.15, 0.2) is 29.6 Å². The van der Waals surface area contributed by atoms with Crippen LogP contribution >= 0.6 is 11.3 Å². The lowest BCUT2D eigenvalue weighted by Gasteiger charge is -2.33. The number of thiazole rings is 1. The highest BCUT2D eigenvalue weighted by Crippen LogP contribution is 2.20. The molecule has 2 heterocycles. The summed E-state index contributed by atoms with van der Waals surface area (Å²) in [6.45, 7) is 4.81. The van der Waals surface area contributed by atoms with Gasteiger partial charge in [0, 0.05) is 30.2 Å².